The van der Waals surface area contributed by atoms with Crippen molar-refractivity contribution in [2.75, 3.05) is 18.5 Å². The predicted molar refractivity (Wildman–Crippen MR) is 65.3 cm³/mol. The minimum absolute atomic E-state index is 0.00330. The van der Waals surface area contributed by atoms with Crippen molar-refractivity contribution >= 4 is 11.6 Å². The number of fused-ring (bicyclic) bond motifs is 1. The number of likely N-dealkylation sites (N-methyl/N-ethyl adjacent to an activating group) is 1. The smallest absolute Gasteiger partial charge is 0.267 e. The van der Waals surface area contributed by atoms with Gasteiger partial charge in [-0.05, 0) is 31.5 Å². The Hall–Kier alpha value is -1.55. The molecule has 1 aromatic carbocycles. The zero-order valence-electron chi connectivity index (χ0n) is 10.3. The van der Waals surface area contributed by atoms with E-state index in [9.17, 15) is 4.79 Å². The topological polar surface area (TPSA) is 51.5 Å². The number of carbonyl (C=O) groups excluding carboxylic acids is 1. The summed E-state index contributed by atoms with van der Waals surface area (Å²) in [5.74, 6) is 0.788. The first-order chi connectivity index (χ1) is 8.01. The van der Waals surface area contributed by atoms with E-state index < -0.39 is 6.10 Å². The number of benzene rings is 1. The van der Waals surface area contributed by atoms with Gasteiger partial charge in [0, 0.05) is 13.6 Å². The Bertz CT molecular complexity index is 494. The van der Waals surface area contributed by atoms with E-state index in [-0.39, 0.29) is 11.4 Å². The maximum absolute atomic E-state index is 11.8. The zero-order chi connectivity index (χ0) is 12.2. The van der Waals surface area contributed by atoms with Gasteiger partial charge in [-0.25, -0.2) is 0 Å². The monoisotopic (exact) mass is 232 g/mol. The molecule has 4 nitrogen and oxygen atoms in total. The second-order valence-electron chi connectivity index (χ2n) is 5.03. The molecule has 0 aromatic heterocycles. The summed E-state index contributed by atoms with van der Waals surface area (Å²) in [6.45, 7) is 4.92. The van der Waals surface area contributed by atoms with Crippen molar-refractivity contribution in [3.8, 4) is 5.75 Å². The van der Waals surface area contributed by atoms with Gasteiger partial charge in [-0.2, -0.15) is 0 Å². The van der Waals surface area contributed by atoms with Crippen LogP contribution < -0.4 is 15.0 Å². The minimum atomic E-state index is -0.395. The van der Waals surface area contributed by atoms with Gasteiger partial charge in [-0.3, -0.25) is 4.79 Å². The van der Waals surface area contributed by atoms with Crippen molar-refractivity contribution in [3.05, 3.63) is 23.8 Å². The van der Waals surface area contributed by atoms with Crippen LogP contribution in [-0.2, 0) is 10.3 Å². The number of amides is 1. The number of carbonyl (C=O) groups is 1. The fraction of sp³-hybridized carbons (Fsp3) is 0.462. The van der Waals surface area contributed by atoms with E-state index in [4.69, 9.17) is 4.74 Å². The molecule has 0 saturated carbocycles. The summed E-state index contributed by atoms with van der Waals surface area (Å²) >= 11 is 0. The summed E-state index contributed by atoms with van der Waals surface area (Å²) in [6, 6.07) is 6.06. The highest BCUT2D eigenvalue weighted by Crippen LogP contribution is 2.39. The highest BCUT2D eigenvalue weighted by molar-refractivity contribution is 5.99. The molecule has 1 saturated heterocycles. The molecule has 1 amide bonds. The number of anilines is 1. The van der Waals surface area contributed by atoms with Gasteiger partial charge in [0.2, 0.25) is 0 Å². The SMILES string of the molecule is CC1Oc2ccc(C3(C)CN3)cc2N(C)C1=O. The van der Waals surface area contributed by atoms with Crippen LogP contribution in [0.5, 0.6) is 5.75 Å². The maximum atomic E-state index is 11.8. The summed E-state index contributed by atoms with van der Waals surface area (Å²) in [5, 5.41) is 3.32. The highest BCUT2D eigenvalue weighted by atomic mass is 16.5. The number of rotatable bonds is 1. The van der Waals surface area contributed by atoms with Gasteiger partial charge in [-0.1, -0.05) is 6.07 Å². The first-order valence-electron chi connectivity index (χ1n) is 5.85. The molecule has 4 heteroatoms. The van der Waals surface area contributed by atoms with Crippen LogP contribution in [-0.4, -0.2) is 25.6 Å². The van der Waals surface area contributed by atoms with E-state index in [1.54, 1.807) is 18.9 Å². The van der Waals surface area contributed by atoms with Crippen molar-refractivity contribution in [2.45, 2.75) is 25.5 Å². The van der Waals surface area contributed by atoms with Gasteiger partial charge >= 0.3 is 0 Å². The van der Waals surface area contributed by atoms with Gasteiger partial charge < -0.3 is 15.0 Å². The molecule has 2 aliphatic heterocycles. The first-order valence-corrected chi connectivity index (χ1v) is 5.85. The molecule has 90 valence electrons. The molecule has 1 fully saturated rings. The molecule has 0 bridgehead atoms. The largest absolute Gasteiger partial charge is 0.479 e. The molecular weight excluding hydrogens is 216 g/mol. The Labute approximate surface area is 101 Å². The van der Waals surface area contributed by atoms with Crippen molar-refractivity contribution in [1.82, 2.24) is 5.32 Å². The van der Waals surface area contributed by atoms with Crippen LogP contribution in [0, 0.1) is 0 Å². The molecule has 3 rings (SSSR count). The van der Waals surface area contributed by atoms with Crippen molar-refractivity contribution in [3.63, 3.8) is 0 Å². The standard InChI is InChI=1S/C13H16N2O2/c1-8-12(16)15(3)10-6-9(13(2)7-14-13)4-5-11(10)17-8/h4-6,8,14H,7H2,1-3H3. The average molecular weight is 232 g/mol. The third kappa shape index (κ3) is 1.52. The summed E-state index contributed by atoms with van der Waals surface area (Å²) in [4.78, 5) is 13.5. The summed E-state index contributed by atoms with van der Waals surface area (Å²) < 4.78 is 5.59. The molecule has 2 unspecified atom stereocenters. The van der Waals surface area contributed by atoms with Crippen LogP contribution in [0.1, 0.15) is 19.4 Å². The van der Waals surface area contributed by atoms with Gasteiger partial charge in [0.05, 0.1) is 11.2 Å². The number of hydrogen-bond donors (Lipinski definition) is 1. The Morgan fingerprint density at radius 1 is 1.53 bits per heavy atom. The number of nitrogens with zero attached hydrogens (tertiary/aromatic N) is 1. The molecule has 17 heavy (non-hydrogen) atoms. The Balaban J connectivity index is 2.05. The third-order valence-electron chi connectivity index (χ3n) is 3.65. The van der Waals surface area contributed by atoms with Gasteiger partial charge in [0.15, 0.2) is 6.10 Å². The van der Waals surface area contributed by atoms with Crippen LogP contribution in [0.25, 0.3) is 0 Å². The second kappa shape index (κ2) is 3.23. The average Bonchev–Trinajstić information content (AvgIpc) is 3.05. The minimum Gasteiger partial charge on any atom is -0.479 e. The van der Waals surface area contributed by atoms with E-state index in [1.165, 1.54) is 5.56 Å². The van der Waals surface area contributed by atoms with E-state index in [0.29, 0.717) is 0 Å². The molecule has 2 heterocycles. The molecule has 2 atom stereocenters. The summed E-state index contributed by atoms with van der Waals surface area (Å²) in [6.07, 6.45) is -0.395. The highest BCUT2D eigenvalue weighted by Gasteiger charge is 2.39. The van der Waals surface area contributed by atoms with Gasteiger partial charge in [0.25, 0.3) is 5.91 Å². The van der Waals surface area contributed by atoms with Crippen LogP contribution in [0.4, 0.5) is 5.69 Å². The van der Waals surface area contributed by atoms with E-state index in [1.807, 2.05) is 12.1 Å². The van der Waals surface area contributed by atoms with Gasteiger partial charge in [-0.15, -0.1) is 0 Å². The normalized spacial score (nSPS) is 30.9. The lowest BCUT2D eigenvalue weighted by molar-refractivity contribution is -0.125. The zero-order valence-corrected chi connectivity index (χ0v) is 10.3. The molecule has 1 aromatic rings. The van der Waals surface area contributed by atoms with Crippen molar-refractivity contribution in [2.24, 2.45) is 0 Å². The van der Waals surface area contributed by atoms with Crippen molar-refractivity contribution < 1.29 is 9.53 Å². The second-order valence-corrected chi connectivity index (χ2v) is 5.03. The molecular formula is C13H16N2O2. The van der Waals surface area contributed by atoms with Crippen molar-refractivity contribution in [1.29, 1.82) is 0 Å². The lowest BCUT2D eigenvalue weighted by Gasteiger charge is -2.31. The maximum Gasteiger partial charge on any atom is 0.267 e. The third-order valence-corrected chi connectivity index (χ3v) is 3.65. The fourth-order valence-electron chi connectivity index (χ4n) is 2.19. The number of ether oxygens (including phenoxy) is 1. The molecule has 1 N–H and O–H groups in total. The van der Waals surface area contributed by atoms with Crippen LogP contribution in [0.2, 0.25) is 0 Å². The molecule has 0 radical (unpaired) electrons. The Kier molecular flexibility index (Phi) is 2.01. The summed E-state index contributed by atoms with van der Waals surface area (Å²) in [7, 11) is 1.80. The molecule has 0 spiro atoms. The van der Waals surface area contributed by atoms with E-state index in [2.05, 4.69) is 18.3 Å². The lowest BCUT2D eigenvalue weighted by atomic mass is 9.99. The van der Waals surface area contributed by atoms with Crippen LogP contribution in [0.3, 0.4) is 0 Å². The molecule has 2 aliphatic rings. The quantitative estimate of drug-likeness (QED) is 0.741. The van der Waals surface area contributed by atoms with E-state index >= 15 is 0 Å². The van der Waals surface area contributed by atoms with Gasteiger partial charge in [0.1, 0.15) is 5.75 Å². The first kappa shape index (κ1) is 10.6. The lowest BCUT2D eigenvalue weighted by Crippen LogP contribution is -2.42. The predicted octanol–water partition coefficient (Wildman–Crippen LogP) is 1.25. The Morgan fingerprint density at radius 3 is 2.88 bits per heavy atom. The van der Waals surface area contributed by atoms with E-state index in [0.717, 1.165) is 18.0 Å². The number of nitrogens with one attached hydrogen (secondary N) is 1. The molecule has 0 aliphatic carbocycles. The fourth-order valence-corrected chi connectivity index (χ4v) is 2.19. The number of hydrogen-bond acceptors (Lipinski definition) is 3. The van der Waals surface area contributed by atoms with Crippen LogP contribution >= 0.6 is 0 Å². The van der Waals surface area contributed by atoms with Crippen LogP contribution in [0.15, 0.2) is 18.2 Å². The Morgan fingerprint density at radius 2 is 2.24 bits per heavy atom. The summed E-state index contributed by atoms with van der Waals surface area (Å²) in [5.41, 5.74) is 2.14.